The van der Waals surface area contributed by atoms with Gasteiger partial charge in [-0.3, -0.25) is 0 Å². The molecule has 0 aliphatic rings. The summed E-state index contributed by atoms with van der Waals surface area (Å²) in [5.41, 5.74) is 9.26. The second kappa shape index (κ2) is 11.4. The third kappa shape index (κ3) is 4.39. The summed E-state index contributed by atoms with van der Waals surface area (Å²) in [6.45, 7) is 0. The number of hydrogen-bond acceptors (Lipinski definition) is 4. The van der Waals surface area contributed by atoms with E-state index in [-0.39, 0.29) is 0 Å². The Morgan fingerprint density at radius 2 is 0.540 bits per heavy atom. The molecule has 0 bridgehead atoms. The Hall–Kier alpha value is -6.78. The van der Waals surface area contributed by atoms with Crippen LogP contribution < -0.4 is 0 Å². The molecule has 10 rings (SSSR count). The van der Waals surface area contributed by atoms with Crippen LogP contribution in [-0.4, -0.2) is 9.97 Å². The van der Waals surface area contributed by atoms with Crippen molar-refractivity contribution in [3.05, 3.63) is 171 Å². The van der Waals surface area contributed by atoms with Crippen LogP contribution in [0.15, 0.2) is 180 Å². The lowest BCUT2D eigenvalue weighted by Gasteiger charge is -2.22. The lowest BCUT2D eigenvalue weighted by Crippen LogP contribution is -1.94. The van der Waals surface area contributed by atoms with Gasteiger partial charge in [0, 0.05) is 11.1 Å². The van der Waals surface area contributed by atoms with Gasteiger partial charge >= 0.3 is 0 Å². The molecule has 0 spiro atoms. The molecule has 0 aliphatic heterocycles. The highest BCUT2D eigenvalue weighted by Crippen LogP contribution is 2.50. The minimum atomic E-state index is 0.759. The Morgan fingerprint density at radius 1 is 0.280 bits per heavy atom. The first kappa shape index (κ1) is 28.3. The third-order valence-electron chi connectivity index (χ3n) is 9.89. The van der Waals surface area contributed by atoms with Gasteiger partial charge in [0.15, 0.2) is 24.3 Å². The van der Waals surface area contributed by atoms with E-state index < -0.39 is 0 Å². The first-order valence-electron chi connectivity index (χ1n) is 16.7. The minimum Gasteiger partial charge on any atom is -0.444 e. The van der Waals surface area contributed by atoms with Crippen molar-refractivity contribution in [1.82, 2.24) is 9.97 Å². The SMILES string of the molecule is c1ccc2c(-c3c4ccccc4c(-c4ccc(-c5cnco5)cc4)c4ccccc34)c3ccccc3c(-c3ccc(-c4cnco4)cc3)c2c1. The highest BCUT2D eigenvalue weighted by Gasteiger charge is 2.22. The van der Waals surface area contributed by atoms with Gasteiger partial charge in [-0.25, -0.2) is 9.97 Å². The number of oxazole rings is 2. The van der Waals surface area contributed by atoms with Crippen molar-refractivity contribution in [3.63, 3.8) is 0 Å². The van der Waals surface area contributed by atoms with Gasteiger partial charge in [-0.1, -0.05) is 146 Å². The molecule has 0 fully saturated rings. The zero-order chi connectivity index (χ0) is 33.0. The van der Waals surface area contributed by atoms with Crippen molar-refractivity contribution in [1.29, 1.82) is 0 Å². The Morgan fingerprint density at radius 3 is 0.800 bits per heavy atom. The molecule has 50 heavy (non-hydrogen) atoms. The molecule has 0 unspecified atom stereocenters. The zero-order valence-electron chi connectivity index (χ0n) is 26.9. The maximum atomic E-state index is 5.58. The molecule has 2 aromatic heterocycles. The average molecular weight is 641 g/mol. The van der Waals surface area contributed by atoms with Crippen LogP contribution in [0.2, 0.25) is 0 Å². The number of nitrogens with zero attached hydrogens (tertiary/aromatic N) is 2. The molecule has 0 atom stereocenters. The van der Waals surface area contributed by atoms with Gasteiger partial charge in [0.1, 0.15) is 0 Å². The van der Waals surface area contributed by atoms with Crippen LogP contribution >= 0.6 is 0 Å². The summed E-state index contributed by atoms with van der Waals surface area (Å²) in [5.74, 6) is 1.52. The first-order valence-corrected chi connectivity index (χ1v) is 16.7. The van der Waals surface area contributed by atoms with Gasteiger partial charge in [0.05, 0.1) is 12.4 Å². The van der Waals surface area contributed by atoms with E-state index in [0.717, 1.165) is 33.8 Å². The van der Waals surface area contributed by atoms with Gasteiger partial charge in [-0.05, 0) is 76.5 Å². The van der Waals surface area contributed by atoms with E-state index in [1.165, 1.54) is 78.1 Å². The molecule has 8 aromatic carbocycles. The van der Waals surface area contributed by atoms with Crippen LogP contribution in [0, 0.1) is 0 Å². The lowest BCUT2D eigenvalue weighted by atomic mass is 9.81. The minimum absolute atomic E-state index is 0.759. The van der Waals surface area contributed by atoms with Crippen molar-refractivity contribution in [2.75, 3.05) is 0 Å². The lowest BCUT2D eigenvalue weighted by molar-refractivity contribution is 0.571. The van der Waals surface area contributed by atoms with Gasteiger partial charge in [0.2, 0.25) is 0 Å². The van der Waals surface area contributed by atoms with Gasteiger partial charge < -0.3 is 8.83 Å². The Kier molecular flexibility index (Phi) is 6.46. The second-order valence-electron chi connectivity index (χ2n) is 12.6. The van der Waals surface area contributed by atoms with Crippen LogP contribution in [0.3, 0.4) is 0 Å². The van der Waals surface area contributed by atoms with Gasteiger partial charge in [-0.2, -0.15) is 0 Å². The van der Waals surface area contributed by atoms with Gasteiger partial charge in [0.25, 0.3) is 0 Å². The second-order valence-corrected chi connectivity index (χ2v) is 12.6. The molecule has 0 N–H and O–H groups in total. The quantitative estimate of drug-likeness (QED) is 0.176. The summed E-state index contributed by atoms with van der Waals surface area (Å²) in [4.78, 5) is 8.21. The number of aromatic nitrogens is 2. The highest BCUT2D eigenvalue weighted by molar-refractivity contribution is 6.29. The maximum Gasteiger partial charge on any atom is 0.181 e. The average Bonchev–Trinajstić information content (AvgIpc) is 3.93. The molecule has 0 saturated heterocycles. The van der Waals surface area contributed by atoms with E-state index in [1.807, 2.05) is 0 Å². The molecule has 0 aliphatic carbocycles. The number of rotatable bonds is 5. The van der Waals surface area contributed by atoms with Crippen molar-refractivity contribution in [2.24, 2.45) is 0 Å². The number of fused-ring (bicyclic) bond motifs is 4. The third-order valence-corrected chi connectivity index (χ3v) is 9.89. The summed E-state index contributed by atoms with van der Waals surface area (Å²) in [6.07, 6.45) is 6.45. The van der Waals surface area contributed by atoms with Crippen molar-refractivity contribution < 1.29 is 8.83 Å². The van der Waals surface area contributed by atoms with Crippen molar-refractivity contribution in [3.8, 4) is 56.0 Å². The molecular formula is C46H28N2O2. The smallest absolute Gasteiger partial charge is 0.181 e. The normalized spacial score (nSPS) is 11.6. The van der Waals surface area contributed by atoms with E-state index >= 15 is 0 Å². The molecule has 0 amide bonds. The van der Waals surface area contributed by atoms with Crippen LogP contribution in [0.5, 0.6) is 0 Å². The molecule has 4 heteroatoms. The van der Waals surface area contributed by atoms with Crippen LogP contribution in [0.4, 0.5) is 0 Å². The molecule has 2 heterocycles. The fourth-order valence-electron chi connectivity index (χ4n) is 7.74. The molecule has 10 aromatic rings. The van der Waals surface area contributed by atoms with Crippen molar-refractivity contribution >= 4 is 43.1 Å². The number of benzene rings is 8. The predicted octanol–water partition coefficient (Wildman–Crippen LogP) is 12.6. The Balaban J connectivity index is 1.27. The van der Waals surface area contributed by atoms with E-state index in [2.05, 4.69) is 156 Å². The maximum absolute atomic E-state index is 5.58. The Labute approximate surface area is 287 Å². The fourth-order valence-corrected chi connectivity index (χ4v) is 7.74. The molecule has 234 valence electrons. The van der Waals surface area contributed by atoms with Gasteiger partial charge in [-0.15, -0.1) is 0 Å². The standard InChI is InChI=1S/C46H28N2O2/c1-5-13-37-33(9-1)43(31-21-17-29(18-22-31)41-25-47-27-49-41)34-10-2-6-14-38(34)45(37)46-39-15-7-3-11-35(39)44(36-12-4-8-16-40(36)46)32-23-19-30(20-24-32)42-26-48-28-50-42/h1-28H. The van der Waals surface area contributed by atoms with Crippen LogP contribution in [0.1, 0.15) is 0 Å². The summed E-state index contributed by atoms with van der Waals surface area (Å²) >= 11 is 0. The topological polar surface area (TPSA) is 52.1 Å². The largest absolute Gasteiger partial charge is 0.444 e. The van der Waals surface area contributed by atoms with E-state index in [0.29, 0.717) is 0 Å². The molecular weight excluding hydrogens is 613 g/mol. The van der Waals surface area contributed by atoms with E-state index in [1.54, 1.807) is 12.4 Å². The monoisotopic (exact) mass is 640 g/mol. The summed E-state index contributed by atoms with van der Waals surface area (Å²) in [5, 5.41) is 9.75. The molecule has 4 nitrogen and oxygen atoms in total. The van der Waals surface area contributed by atoms with Crippen LogP contribution in [0.25, 0.3) is 99.1 Å². The predicted molar refractivity (Wildman–Crippen MR) is 204 cm³/mol. The zero-order valence-corrected chi connectivity index (χ0v) is 26.9. The van der Waals surface area contributed by atoms with E-state index in [4.69, 9.17) is 8.83 Å². The summed E-state index contributed by atoms with van der Waals surface area (Å²) in [6, 6.07) is 52.6. The highest BCUT2D eigenvalue weighted by atomic mass is 16.3. The summed E-state index contributed by atoms with van der Waals surface area (Å²) in [7, 11) is 0. The molecule has 0 radical (unpaired) electrons. The van der Waals surface area contributed by atoms with E-state index in [9.17, 15) is 0 Å². The first-order chi connectivity index (χ1) is 24.8. The molecule has 0 saturated carbocycles. The Bertz CT molecular complexity index is 2520. The fraction of sp³-hybridized carbons (Fsp3) is 0. The summed E-state index contributed by atoms with van der Waals surface area (Å²) < 4.78 is 11.2. The van der Waals surface area contributed by atoms with Crippen LogP contribution in [-0.2, 0) is 0 Å². The van der Waals surface area contributed by atoms with Crippen molar-refractivity contribution in [2.45, 2.75) is 0 Å². The number of hydrogen-bond donors (Lipinski definition) is 0.